The maximum atomic E-state index is 11.5. The molecule has 0 aliphatic heterocycles. The van der Waals surface area contributed by atoms with Crippen LogP contribution in [0.15, 0.2) is 12.2 Å². The van der Waals surface area contributed by atoms with Crippen molar-refractivity contribution < 1.29 is 9.53 Å². The molecule has 0 aliphatic carbocycles. The van der Waals surface area contributed by atoms with Crippen LogP contribution < -0.4 is 5.32 Å². The van der Waals surface area contributed by atoms with Crippen LogP contribution in [0.2, 0.25) is 0 Å². The van der Waals surface area contributed by atoms with E-state index in [0.717, 1.165) is 5.57 Å². The molecule has 0 bridgehead atoms. The highest BCUT2D eigenvalue weighted by Crippen LogP contribution is 2.08. The van der Waals surface area contributed by atoms with Gasteiger partial charge in [-0.3, -0.25) is 5.32 Å². The minimum absolute atomic E-state index is 0.129. The van der Waals surface area contributed by atoms with Crippen molar-refractivity contribution in [1.29, 1.82) is 0 Å². The Balaban J connectivity index is 4.45. The van der Waals surface area contributed by atoms with Crippen LogP contribution in [0.4, 0.5) is 0 Å². The number of hydrogen-bond acceptors (Lipinski definition) is 3. The zero-order chi connectivity index (χ0) is 11.4. The molecular formula is C11H21NO2. The Morgan fingerprint density at radius 3 is 2.29 bits per heavy atom. The molecule has 0 saturated carbocycles. The Hall–Kier alpha value is -0.830. The van der Waals surface area contributed by atoms with Crippen molar-refractivity contribution in [2.24, 2.45) is 0 Å². The summed E-state index contributed by atoms with van der Waals surface area (Å²) in [6, 6.07) is -0.407. The van der Waals surface area contributed by atoms with Gasteiger partial charge in [0.25, 0.3) is 0 Å². The molecular weight excluding hydrogens is 178 g/mol. The lowest BCUT2D eigenvalue weighted by molar-refractivity contribution is -0.145. The average molecular weight is 199 g/mol. The van der Waals surface area contributed by atoms with Crippen LogP contribution in [0.3, 0.4) is 0 Å². The molecule has 0 aromatic heterocycles. The van der Waals surface area contributed by atoms with Crippen molar-refractivity contribution in [3.63, 3.8) is 0 Å². The summed E-state index contributed by atoms with van der Waals surface area (Å²) < 4.78 is 4.95. The van der Waals surface area contributed by atoms with E-state index in [0.29, 0.717) is 6.61 Å². The van der Waals surface area contributed by atoms with Gasteiger partial charge in [-0.15, -0.1) is 0 Å². The Bertz CT molecular complexity index is 216. The van der Waals surface area contributed by atoms with Gasteiger partial charge >= 0.3 is 5.97 Å². The number of rotatable bonds is 4. The van der Waals surface area contributed by atoms with E-state index in [4.69, 9.17) is 4.74 Å². The summed E-state index contributed by atoms with van der Waals surface area (Å²) in [6.07, 6.45) is 0. The Labute approximate surface area is 86.5 Å². The van der Waals surface area contributed by atoms with E-state index >= 15 is 0 Å². The van der Waals surface area contributed by atoms with E-state index in [1.54, 1.807) is 6.92 Å². The third-order valence-electron chi connectivity index (χ3n) is 1.59. The average Bonchev–Trinajstić information content (AvgIpc) is 1.98. The largest absolute Gasteiger partial charge is 0.465 e. The summed E-state index contributed by atoms with van der Waals surface area (Å²) in [5, 5.41) is 3.17. The molecule has 82 valence electrons. The number of esters is 1. The van der Waals surface area contributed by atoms with Crippen molar-refractivity contribution in [2.75, 3.05) is 6.61 Å². The maximum Gasteiger partial charge on any atom is 0.327 e. The lowest BCUT2D eigenvalue weighted by atomic mass is 10.0. The Morgan fingerprint density at radius 2 is 2.00 bits per heavy atom. The third-order valence-corrected chi connectivity index (χ3v) is 1.59. The first kappa shape index (κ1) is 13.2. The fourth-order valence-electron chi connectivity index (χ4n) is 1.04. The van der Waals surface area contributed by atoms with Crippen molar-refractivity contribution in [3.05, 3.63) is 12.2 Å². The van der Waals surface area contributed by atoms with Gasteiger partial charge in [0, 0.05) is 5.54 Å². The summed E-state index contributed by atoms with van der Waals surface area (Å²) in [5.74, 6) is -0.255. The molecule has 0 aliphatic rings. The molecule has 0 radical (unpaired) electrons. The van der Waals surface area contributed by atoms with E-state index in [2.05, 4.69) is 11.9 Å². The van der Waals surface area contributed by atoms with Crippen molar-refractivity contribution in [1.82, 2.24) is 5.32 Å². The SMILES string of the molecule is C=C(C)C(NC(C)(C)C)C(=O)OCC. The van der Waals surface area contributed by atoms with Gasteiger partial charge in [0.05, 0.1) is 6.61 Å². The van der Waals surface area contributed by atoms with E-state index in [9.17, 15) is 4.79 Å². The van der Waals surface area contributed by atoms with E-state index in [-0.39, 0.29) is 11.5 Å². The molecule has 1 unspecified atom stereocenters. The first-order chi connectivity index (χ1) is 6.28. The second kappa shape index (κ2) is 5.15. The van der Waals surface area contributed by atoms with E-state index < -0.39 is 6.04 Å². The molecule has 0 spiro atoms. The topological polar surface area (TPSA) is 38.3 Å². The predicted molar refractivity (Wildman–Crippen MR) is 58.1 cm³/mol. The van der Waals surface area contributed by atoms with E-state index in [1.165, 1.54) is 0 Å². The second-order valence-electron chi connectivity index (χ2n) is 4.43. The van der Waals surface area contributed by atoms with Crippen molar-refractivity contribution >= 4 is 5.97 Å². The van der Waals surface area contributed by atoms with Gasteiger partial charge in [-0.25, -0.2) is 4.79 Å². The van der Waals surface area contributed by atoms with Crippen LogP contribution >= 0.6 is 0 Å². The zero-order valence-corrected chi connectivity index (χ0v) is 9.81. The van der Waals surface area contributed by atoms with Crippen LogP contribution in [0.25, 0.3) is 0 Å². The van der Waals surface area contributed by atoms with Gasteiger partial charge in [-0.05, 0) is 34.6 Å². The molecule has 3 heteroatoms. The smallest absolute Gasteiger partial charge is 0.327 e. The van der Waals surface area contributed by atoms with Gasteiger partial charge in [0.15, 0.2) is 0 Å². The number of carbonyl (C=O) groups excluding carboxylic acids is 1. The molecule has 0 rings (SSSR count). The van der Waals surface area contributed by atoms with Crippen LogP contribution in [0.1, 0.15) is 34.6 Å². The summed E-state index contributed by atoms with van der Waals surface area (Å²) >= 11 is 0. The number of hydrogen-bond donors (Lipinski definition) is 1. The first-order valence-electron chi connectivity index (χ1n) is 4.87. The standard InChI is InChI=1S/C11H21NO2/c1-7-14-10(13)9(8(2)3)12-11(4,5)6/h9,12H,2,7H2,1,3-6H3. The van der Waals surface area contributed by atoms with Crippen molar-refractivity contribution in [3.8, 4) is 0 Å². The Kier molecular flexibility index (Phi) is 4.85. The lowest BCUT2D eigenvalue weighted by Gasteiger charge is -2.27. The Morgan fingerprint density at radius 1 is 1.50 bits per heavy atom. The molecule has 0 fully saturated rings. The third kappa shape index (κ3) is 5.02. The quantitative estimate of drug-likeness (QED) is 0.555. The number of nitrogens with one attached hydrogen (secondary N) is 1. The first-order valence-corrected chi connectivity index (χ1v) is 4.87. The normalized spacial score (nSPS) is 13.5. The van der Waals surface area contributed by atoms with Gasteiger partial charge < -0.3 is 4.74 Å². The number of ether oxygens (including phenoxy) is 1. The van der Waals surface area contributed by atoms with Crippen LogP contribution in [-0.4, -0.2) is 24.2 Å². The molecule has 0 aromatic carbocycles. The van der Waals surface area contributed by atoms with Gasteiger partial charge in [0.1, 0.15) is 6.04 Å². The number of carbonyl (C=O) groups is 1. The molecule has 1 N–H and O–H groups in total. The highest BCUT2D eigenvalue weighted by molar-refractivity contribution is 5.79. The minimum atomic E-state index is -0.407. The lowest BCUT2D eigenvalue weighted by Crippen LogP contribution is -2.48. The molecule has 0 saturated heterocycles. The van der Waals surface area contributed by atoms with Crippen LogP contribution in [0.5, 0.6) is 0 Å². The fraction of sp³-hybridized carbons (Fsp3) is 0.727. The molecule has 0 heterocycles. The van der Waals surface area contributed by atoms with Crippen LogP contribution in [0, 0.1) is 0 Å². The van der Waals surface area contributed by atoms with Gasteiger partial charge in [0.2, 0.25) is 0 Å². The molecule has 3 nitrogen and oxygen atoms in total. The van der Waals surface area contributed by atoms with Gasteiger partial charge in [-0.1, -0.05) is 12.2 Å². The highest BCUT2D eigenvalue weighted by Gasteiger charge is 2.25. The summed E-state index contributed by atoms with van der Waals surface area (Å²) in [5.41, 5.74) is 0.648. The molecule has 0 aromatic rings. The highest BCUT2D eigenvalue weighted by atomic mass is 16.5. The minimum Gasteiger partial charge on any atom is -0.465 e. The predicted octanol–water partition coefficient (Wildman–Crippen LogP) is 1.88. The van der Waals surface area contributed by atoms with E-state index in [1.807, 2.05) is 27.7 Å². The summed E-state index contributed by atoms with van der Waals surface area (Å²) in [4.78, 5) is 11.5. The molecule has 0 amide bonds. The summed E-state index contributed by atoms with van der Waals surface area (Å²) in [6.45, 7) is 13.8. The zero-order valence-electron chi connectivity index (χ0n) is 9.81. The molecule has 1 atom stereocenters. The van der Waals surface area contributed by atoms with Crippen LogP contribution in [-0.2, 0) is 9.53 Å². The monoisotopic (exact) mass is 199 g/mol. The maximum absolute atomic E-state index is 11.5. The van der Waals surface area contributed by atoms with Crippen molar-refractivity contribution in [2.45, 2.75) is 46.2 Å². The summed E-state index contributed by atoms with van der Waals surface area (Å²) in [7, 11) is 0. The fourth-order valence-corrected chi connectivity index (χ4v) is 1.04. The molecule has 14 heavy (non-hydrogen) atoms. The van der Waals surface area contributed by atoms with Gasteiger partial charge in [-0.2, -0.15) is 0 Å². The second-order valence-corrected chi connectivity index (χ2v) is 4.43.